The van der Waals surface area contributed by atoms with E-state index in [0.717, 1.165) is 22.1 Å². The van der Waals surface area contributed by atoms with Crippen LogP contribution >= 0.6 is 0 Å². The molecule has 0 aliphatic rings. The van der Waals surface area contributed by atoms with Gasteiger partial charge in [-0.25, -0.2) is 4.79 Å². The minimum Gasteiger partial charge on any atom is -0.464 e. The average molecular weight is 347 g/mol. The van der Waals surface area contributed by atoms with Crippen LogP contribution in [0.4, 0.5) is 0 Å². The Morgan fingerprint density at radius 3 is 2.96 bits per heavy atom. The third kappa shape index (κ3) is 2.86. The summed E-state index contributed by atoms with van der Waals surface area (Å²) < 4.78 is 12.2. The number of fused-ring (bicyclic) bond motifs is 1. The summed E-state index contributed by atoms with van der Waals surface area (Å²) in [7, 11) is 1.86. The standard InChI is InChI=1S/C20H17N3O3/c1-3-25-20(24)15-6-8-21-17(11-15)19-16(12-23(2)22-19)13-4-5-18-14(10-13)7-9-26-18/h4-12H,3H2,1-2H3. The Bertz CT molecular complexity index is 1090. The first-order chi connectivity index (χ1) is 12.7. The van der Waals surface area contributed by atoms with Crippen molar-refractivity contribution in [2.24, 2.45) is 7.05 Å². The van der Waals surface area contributed by atoms with Gasteiger partial charge in [0.25, 0.3) is 0 Å². The van der Waals surface area contributed by atoms with E-state index in [1.165, 1.54) is 0 Å². The molecule has 0 atom stereocenters. The number of pyridine rings is 1. The zero-order valence-electron chi connectivity index (χ0n) is 14.5. The van der Waals surface area contributed by atoms with Gasteiger partial charge in [-0.3, -0.25) is 9.67 Å². The van der Waals surface area contributed by atoms with Crippen molar-refractivity contribution in [3.8, 4) is 22.5 Å². The zero-order chi connectivity index (χ0) is 18.1. The highest BCUT2D eigenvalue weighted by Gasteiger charge is 2.16. The predicted octanol–water partition coefficient (Wildman–Crippen LogP) is 4.07. The quantitative estimate of drug-likeness (QED) is 0.520. The maximum absolute atomic E-state index is 12.0. The van der Waals surface area contributed by atoms with E-state index in [-0.39, 0.29) is 5.97 Å². The van der Waals surface area contributed by atoms with Gasteiger partial charge in [0.15, 0.2) is 0 Å². The Morgan fingerprint density at radius 1 is 1.23 bits per heavy atom. The van der Waals surface area contributed by atoms with E-state index in [1.54, 1.807) is 36.2 Å². The Labute approximate surface area is 150 Å². The molecule has 4 rings (SSSR count). The zero-order valence-corrected chi connectivity index (χ0v) is 14.5. The number of esters is 1. The highest BCUT2D eigenvalue weighted by atomic mass is 16.5. The second-order valence-electron chi connectivity index (χ2n) is 5.89. The fourth-order valence-corrected chi connectivity index (χ4v) is 2.92. The topological polar surface area (TPSA) is 70.2 Å². The highest BCUT2D eigenvalue weighted by Crippen LogP contribution is 2.32. The Hall–Kier alpha value is -3.41. The van der Waals surface area contributed by atoms with Gasteiger partial charge in [0, 0.05) is 30.4 Å². The van der Waals surface area contributed by atoms with Crippen LogP contribution < -0.4 is 0 Å². The van der Waals surface area contributed by atoms with Gasteiger partial charge in [-0.15, -0.1) is 0 Å². The van der Waals surface area contributed by atoms with Crippen molar-refractivity contribution in [3.63, 3.8) is 0 Å². The van der Waals surface area contributed by atoms with Gasteiger partial charge in [0.2, 0.25) is 0 Å². The number of ether oxygens (including phenoxy) is 1. The van der Waals surface area contributed by atoms with Crippen LogP contribution in [0.15, 0.2) is 59.5 Å². The highest BCUT2D eigenvalue weighted by molar-refractivity contribution is 5.92. The van der Waals surface area contributed by atoms with Crippen molar-refractivity contribution >= 4 is 16.9 Å². The van der Waals surface area contributed by atoms with Gasteiger partial charge in [-0.2, -0.15) is 5.10 Å². The van der Waals surface area contributed by atoms with Crippen molar-refractivity contribution in [2.45, 2.75) is 6.92 Å². The summed E-state index contributed by atoms with van der Waals surface area (Å²) >= 11 is 0. The summed E-state index contributed by atoms with van der Waals surface area (Å²) in [5.74, 6) is -0.367. The van der Waals surface area contributed by atoms with Crippen LogP contribution in [-0.4, -0.2) is 27.3 Å². The summed E-state index contributed by atoms with van der Waals surface area (Å²) in [5.41, 5.74) is 4.56. The van der Waals surface area contributed by atoms with E-state index in [4.69, 9.17) is 9.15 Å². The molecule has 0 N–H and O–H groups in total. The molecule has 0 spiro atoms. The summed E-state index contributed by atoms with van der Waals surface area (Å²) in [4.78, 5) is 16.4. The molecule has 6 nitrogen and oxygen atoms in total. The molecule has 0 bridgehead atoms. The van der Waals surface area contributed by atoms with Crippen molar-refractivity contribution in [1.29, 1.82) is 0 Å². The second-order valence-corrected chi connectivity index (χ2v) is 5.89. The third-order valence-electron chi connectivity index (χ3n) is 4.11. The summed E-state index contributed by atoms with van der Waals surface area (Å²) in [5, 5.41) is 5.57. The number of carbonyl (C=O) groups is 1. The SMILES string of the molecule is CCOC(=O)c1ccnc(-c2nn(C)cc2-c2ccc3occc3c2)c1. The van der Waals surface area contributed by atoms with E-state index < -0.39 is 0 Å². The molecule has 6 heteroatoms. The van der Waals surface area contributed by atoms with E-state index in [0.29, 0.717) is 23.6 Å². The van der Waals surface area contributed by atoms with Gasteiger partial charge in [0.05, 0.1) is 24.1 Å². The smallest absolute Gasteiger partial charge is 0.338 e. The van der Waals surface area contributed by atoms with Crippen LogP contribution in [0, 0.1) is 0 Å². The predicted molar refractivity (Wildman–Crippen MR) is 97.6 cm³/mol. The summed E-state index contributed by atoms with van der Waals surface area (Å²) in [6.07, 6.45) is 5.21. The molecular formula is C20H17N3O3. The monoisotopic (exact) mass is 347 g/mol. The van der Waals surface area contributed by atoms with Crippen LogP contribution in [-0.2, 0) is 11.8 Å². The number of carbonyl (C=O) groups excluding carboxylic acids is 1. The molecule has 0 aliphatic heterocycles. The van der Waals surface area contributed by atoms with Crippen LogP contribution in [0.1, 0.15) is 17.3 Å². The second kappa shape index (κ2) is 6.48. The van der Waals surface area contributed by atoms with Gasteiger partial charge >= 0.3 is 5.97 Å². The number of hydrogen-bond acceptors (Lipinski definition) is 5. The number of furan rings is 1. The van der Waals surface area contributed by atoms with Crippen molar-refractivity contribution in [1.82, 2.24) is 14.8 Å². The molecule has 3 aromatic heterocycles. The van der Waals surface area contributed by atoms with Gasteiger partial charge in [-0.05, 0) is 42.8 Å². The van der Waals surface area contributed by atoms with Crippen molar-refractivity contribution in [2.75, 3.05) is 6.61 Å². The molecule has 1 aromatic carbocycles. The lowest BCUT2D eigenvalue weighted by atomic mass is 10.0. The molecule has 0 saturated heterocycles. The van der Waals surface area contributed by atoms with Crippen molar-refractivity contribution < 1.29 is 13.9 Å². The van der Waals surface area contributed by atoms with Gasteiger partial charge in [-0.1, -0.05) is 6.07 Å². The summed E-state index contributed by atoms with van der Waals surface area (Å²) in [6.45, 7) is 2.11. The molecule has 0 fully saturated rings. The van der Waals surface area contributed by atoms with E-state index in [9.17, 15) is 4.79 Å². The number of hydrogen-bond donors (Lipinski definition) is 0. The molecule has 0 saturated carbocycles. The first-order valence-electron chi connectivity index (χ1n) is 8.30. The number of benzene rings is 1. The minimum atomic E-state index is -0.367. The fourth-order valence-electron chi connectivity index (χ4n) is 2.92. The Morgan fingerprint density at radius 2 is 2.12 bits per heavy atom. The largest absolute Gasteiger partial charge is 0.464 e. The molecule has 26 heavy (non-hydrogen) atoms. The van der Waals surface area contributed by atoms with Crippen LogP contribution in [0.25, 0.3) is 33.5 Å². The molecule has 0 aliphatic carbocycles. The lowest BCUT2D eigenvalue weighted by Gasteiger charge is -2.05. The normalized spacial score (nSPS) is 11.0. The molecular weight excluding hydrogens is 330 g/mol. The van der Waals surface area contributed by atoms with E-state index in [1.807, 2.05) is 31.4 Å². The van der Waals surface area contributed by atoms with Crippen LogP contribution in [0.3, 0.4) is 0 Å². The summed E-state index contributed by atoms with van der Waals surface area (Å²) in [6, 6.07) is 11.2. The number of nitrogens with zero attached hydrogens (tertiary/aromatic N) is 3. The van der Waals surface area contributed by atoms with Gasteiger partial charge in [0.1, 0.15) is 11.3 Å². The van der Waals surface area contributed by atoms with E-state index >= 15 is 0 Å². The van der Waals surface area contributed by atoms with Crippen LogP contribution in [0.5, 0.6) is 0 Å². The number of aromatic nitrogens is 3. The average Bonchev–Trinajstić information content (AvgIpc) is 3.27. The van der Waals surface area contributed by atoms with Gasteiger partial charge < -0.3 is 9.15 Å². The van der Waals surface area contributed by atoms with Crippen molar-refractivity contribution in [3.05, 3.63) is 60.6 Å². The maximum atomic E-state index is 12.0. The first-order valence-corrected chi connectivity index (χ1v) is 8.30. The lowest BCUT2D eigenvalue weighted by Crippen LogP contribution is -2.05. The number of aryl methyl sites for hydroxylation is 1. The fraction of sp³-hybridized carbons (Fsp3) is 0.150. The number of rotatable bonds is 4. The Balaban J connectivity index is 1.81. The molecule has 130 valence electrons. The maximum Gasteiger partial charge on any atom is 0.338 e. The van der Waals surface area contributed by atoms with E-state index in [2.05, 4.69) is 16.1 Å². The molecule has 0 amide bonds. The van der Waals surface area contributed by atoms with Crippen LogP contribution in [0.2, 0.25) is 0 Å². The first kappa shape index (κ1) is 16.1. The third-order valence-corrected chi connectivity index (χ3v) is 4.11. The minimum absolute atomic E-state index is 0.329. The molecule has 0 radical (unpaired) electrons. The molecule has 4 aromatic rings. The lowest BCUT2D eigenvalue weighted by molar-refractivity contribution is 0.0526. The molecule has 0 unspecified atom stereocenters. The Kier molecular flexibility index (Phi) is 4.01. The molecule has 3 heterocycles.